The predicted octanol–water partition coefficient (Wildman–Crippen LogP) is 4.38. The van der Waals surface area contributed by atoms with E-state index in [1.54, 1.807) is 24.3 Å². The van der Waals surface area contributed by atoms with Gasteiger partial charge in [-0.2, -0.15) is 0 Å². The van der Waals surface area contributed by atoms with Crippen molar-refractivity contribution in [1.29, 1.82) is 0 Å². The number of benzene rings is 1. The number of hydrogen-bond acceptors (Lipinski definition) is 8. The molecule has 0 radical (unpaired) electrons. The third-order valence-electron chi connectivity index (χ3n) is 7.21. The standard InChI is InChI=1S/C22H21N3O4S2/c1-21(2)13-8-9-22(21,3)16(26)15(13)30-20-25-24-19(31-20)23-17(27)12-10-11-6-4-5-7-14(11)29-18(12)28/h4-7,10,13,15H,8-9H2,1-3H3,(H,23,24,27). The molecule has 3 aromatic rings. The molecule has 9 heteroatoms. The molecule has 0 saturated heterocycles. The van der Waals surface area contributed by atoms with E-state index in [0.717, 1.165) is 12.8 Å². The first kappa shape index (κ1) is 20.4. The zero-order valence-corrected chi connectivity index (χ0v) is 18.9. The van der Waals surface area contributed by atoms with Crippen LogP contribution >= 0.6 is 23.1 Å². The lowest BCUT2D eigenvalue weighted by Gasteiger charge is -2.32. The Morgan fingerprint density at radius 2 is 2.00 bits per heavy atom. The van der Waals surface area contributed by atoms with E-state index in [2.05, 4.69) is 36.3 Å². The first-order chi connectivity index (χ1) is 14.7. The Balaban J connectivity index is 1.33. The smallest absolute Gasteiger partial charge is 0.349 e. The number of anilines is 1. The van der Waals surface area contributed by atoms with Gasteiger partial charge in [0.05, 0.1) is 5.25 Å². The highest BCUT2D eigenvalue weighted by Crippen LogP contribution is 2.66. The van der Waals surface area contributed by atoms with Gasteiger partial charge >= 0.3 is 5.63 Å². The summed E-state index contributed by atoms with van der Waals surface area (Å²) in [5.74, 6) is -0.00988. The van der Waals surface area contributed by atoms with E-state index in [-0.39, 0.29) is 32.6 Å². The summed E-state index contributed by atoms with van der Waals surface area (Å²) in [4.78, 5) is 37.9. The number of fused-ring (bicyclic) bond motifs is 3. The van der Waals surface area contributed by atoms with Crippen LogP contribution in [0.15, 0.2) is 43.9 Å². The fourth-order valence-electron chi connectivity index (χ4n) is 4.94. The average Bonchev–Trinajstić information content (AvgIpc) is 3.30. The minimum absolute atomic E-state index is 0.0341. The highest BCUT2D eigenvalue weighted by Gasteiger charge is 2.66. The topological polar surface area (TPSA) is 102 Å². The number of carbonyl (C=O) groups excluding carboxylic acids is 2. The third kappa shape index (κ3) is 3.05. The van der Waals surface area contributed by atoms with Crippen LogP contribution in [0.5, 0.6) is 0 Å². The minimum atomic E-state index is -0.710. The Morgan fingerprint density at radius 1 is 1.23 bits per heavy atom. The zero-order chi connectivity index (χ0) is 22.0. The van der Waals surface area contributed by atoms with Crippen LogP contribution in [0.1, 0.15) is 44.0 Å². The number of nitrogens with zero attached hydrogens (tertiary/aromatic N) is 2. The Kier molecular flexibility index (Phi) is 4.60. The summed E-state index contributed by atoms with van der Waals surface area (Å²) in [6.45, 7) is 6.45. The summed E-state index contributed by atoms with van der Waals surface area (Å²) < 4.78 is 5.85. The van der Waals surface area contributed by atoms with E-state index >= 15 is 0 Å². The van der Waals surface area contributed by atoms with E-state index in [0.29, 0.717) is 21.2 Å². The second-order valence-electron chi connectivity index (χ2n) is 8.91. The summed E-state index contributed by atoms with van der Waals surface area (Å²) in [6, 6.07) is 8.50. The van der Waals surface area contributed by atoms with Gasteiger partial charge in [-0.3, -0.25) is 14.9 Å². The maximum Gasteiger partial charge on any atom is 0.349 e. The number of aromatic nitrogens is 2. The van der Waals surface area contributed by atoms with E-state index in [1.165, 1.54) is 29.2 Å². The number of hydrogen-bond donors (Lipinski definition) is 1. The van der Waals surface area contributed by atoms with Gasteiger partial charge < -0.3 is 4.42 Å². The average molecular weight is 456 g/mol. The molecule has 2 aliphatic rings. The summed E-state index contributed by atoms with van der Waals surface area (Å²) >= 11 is 2.64. The zero-order valence-electron chi connectivity index (χ0n) is 17.3. The lowest BCUT2D eigenvalue weighted by atomic mass is 9.70. The van der Waals surface area contributed by atoms with Crippen molar-refractivity contribution in [3.05, 3.63) is 46.3 Å². The van der Waals surface area contributed by atoms with Crippen molar-refractivity contribution in [3.63, 3.8) is 0 Å². The molecule has 2 bridgehead atoms. The van der Waals surface area contributed by atoms with Crippen LogP contribution in [0.4, 0.5) is 5.13 Å². The van der Waals surface area contributed by atoms with E-state index in [1.807, 2.05) is 0 Å². The summed E-state index contributed by atoms with van der Waals surface area (Å²) in [7, 11) is 0. The Labute approximate surface area is 186 Å². The lowest BCUT2D eigenvalue weighted by Crippen LogP contribution is -2.34. The predicted molar refractivity (Wildman–Crippen MR) is 120 cm³/mol. The van der Waals surface area contributed by atoms with Gasteiger partial charge in [0.15, 0.2) is 10.1 Å². The van der Waals surface area contributed by atoms with Crippen molar-refractivity contribution in [2.75, 3.05) is 5.32 Å². The number of ketones is 1. The monoisotopic (exact) mass is 455 g/mol. The van der Waals surface area contributed by atoms with Crippen LogP contribution in [-0.4, -0.2) is 27.1 Å². The normalized spacial score (nSPS) is 26.5. The molecule has 2 aliphatic carbocycles. The summed E-state index contributed by atoms with van der Waals surface area (Å²) in [5, 5.41) is 11.6. The lowest BCUT2D eigenvalue weighted by molar-refractivity contribution is -0.127. The maximum absolute atomic E-state index is 13.0. The van der Waals surface area contributed by atoms with Crippen LogP contribution in [0.3, 0.4) is 0 Å². The molecule has 1 N–H and O–H groups in total. The molecular formula is C22H21N3O4S2. The first-order valence-corrected chi connectivity index (χ1v) is 11.8. The fourth-order valence-corrected chi connectivity index (χ4v) is 7.47. The Bertz CT molecular complexity index is 1280. The molecule has 1 aromatic carbocycles. The van der Waals surface area contributed by atoms with Crippen molar-refractivity contribution in [1.82, 2.24) is 10.2 Å². The number of para-hydroxylation sites is 1. The second kappa shape index (κ2) is 7.00. The quantitative estimate of drug-likeness (QED) is 0.460. The molecular weight excluding hydrogens is 434 g/mol. The number of thioether (sulfide) groups is 1. The maximum atomic E-state index is 13.0. The van der Waals surface area contributed by atoms with E-state index in [4.69, 9.17) is 4.42 Å². The minimum Gasteiger partial charge on any atom is -0.422 e. The van der Waals surface area contributed by atoms with Gasteiger partial charge in [-0.25, -0.2) is 4.79 Å². The highest BCUT2D eigenvalue weighted by molar-refractivity contribution is 8.02. The highest BCUT2D eigenvalue weighted by atomic mass is 32.2. The molecule has 0 aliphatic heterocycles. The Hall–Kier alpha value is -2.52. The van der Waals surface area contributed by atoms with Crippen molar-refractivity contribution < 1.29 is 14.0 Å². The Morgan fingerprint density at radius 3 is 2.74 bits per heavy atom. The number of Topliss-reactive ketones (excluding diaryl/α,β-unsaturated/α-hetero) is 1. The van der Waals surface area contributed by atoms with E-state index in [9.17, 15) is 14.4 Å². The van der Waals surface area contributed by atoms with Gasteiger partial charge in [-0.1, -0.05) is 62.1 Å². The second-order valence-corrected chi connectivity index (χ2v) is 11.3. The summed E-state index contributed by atoms with van der Waals surface area (Å²) in [5.41, 5.74) is -0.709. The molecule has 7 nitrogen and oxygen atoms in total. The molecule has 3 atom stereocenters. The molecule has 2 fully saturated rings. The van der Waals surface area contributed by atoms with Gasteiger partial charge in [0.25, 0.3) is 5.91 Å². The molecule has 3 unspecified atom stereocenters. The molecule has 5 rings (SSSR count). The van der Waals surface area contributed by atoms with E-state index < -0.39 is 11.5 Å². The van der Waals surface area contributed by atoms with Crippen molar-refractivity contribution in [2.24, 2.45) is 16.7 Å². The largest absolute Gasteiger partial charge is 0.422 e. The summed E-state index contributed by atoms with van der Waals surface area (Å²) in [6.07, 6.45) is 1.97. The first-order valence-electron chi connectivity index (χ1n) is 10.1. The van der Waals surface area contributed by atoms with Crippen LogP contribution in [0.25, 0.3) is 11.0 Å². The van der Waals surface area contributed by atoms with Gasteiger partial charge in [-0.05, 0) is 36.3 Å². The van der Waals surface area contributed by atoms with Crippen LogP contribution < -0.4 is 10.9 Å². The van der Waals surface area contributed by atoms with Crippen molar-refractivity contribution >= 4 is 50.9 Å². The molecule has 160 valence electrons. The van der Waals surface area contributed by atoms with Crippen molar-refractivity contribution in [3.8, 4) is 0 Å². The molecule has 2 saturated carbocycles. The van der Waals surface area contributed by atoms with Crippen LogP contribution in [0, 0.1) is 16.7 Å². The number of rotatable bonds is 4. The molecule has 2 aromatic heterocycles. The number of amides is 1. The fraction of sp³-hybridized carbons (Fsp3) is 0.409. The van der Waals surface area contributed by atoms with Gasteiger partial charge in [0, 0.05) is 10.8 Å². The van der Waals surface area contributed by atoms with Gasteiger partial charge in [-0.15, -0.1) is 10.2 Å². The number of carbonyl (C=O) groups is 2. The molecule has 1 amide bonds. The SMILES string of the molecule is CC12CCC(C(Sc3nnc(NC(=O)c4cc5ccccc5oc4=O)s3)C1=O)C2(C)C. The van der Waals surface area contributed by atoms with Crippen LogP contribution in [0.2, 0.25) is 0 Å². The van der Waals surface area contributed by atoms with Crippen molar-refractivity contribution in [2.45, 2.75) is 43.2 Å². The third-order valence-corrected chi connectivity index (χ3v) is 9.46. The van der Waals surface area contributed by atoms with Gasteiger partial charge in [0.1, 0.15) is 11.1 Å². The molecule has 31 heavy (non-hydrogen) atoms. The van der Waals surface area contributed by atoms with Crippen LogP contribution in [-0.2, 0) is 4.79 Å². The molecule has 2 heterocycles. The number of nitrogens with one attached hydrogen (secondary N) is 1. The van der Waals surface area contributed by atoms with Gasteiger partial charge in [0.2, 0.25) is 5.13 Å². The molecule has 0 spiro atoms.